The molecule has 8 heteroatoms. The van der Waals surface area contributed by atoms with Gasteiger partial charge in [-0.05, 0) is 38.7 Å². The molecule has 0 atom stereocenters. The highest BCUT2D eigenvalue weighted by Crippen LogP contribution is 2.42. The topological polar surface area (TPSA) is 93.7 Å². The molecule has 0 spiro atoms. The van der Waals surface area contributed by atoms with Crippen molar-refractivity contribution >= 4 is 23.3 Å². The molecule has 1 aliphatic carbocycles. The van der Waals surface area contributed by atoms with E-state index in [1.807, 2.05) is 13.8 Å². The first-order valence-electron chi connectivity index (χ1n) is 10.3. The number of fused-ring (bicyclic) bond motifs is 1. The van der Waals surface area contributed by atoms with Gasteiger partial charge in [0.15, 0.2) is 5.82 Å². The van der Waals surface area contributed by atoms with E-state index in [0.29, 0.717) is 29.7 Å². The zero-order valence-corrected chi connectivity index (χ0v) is 17.9. The van der Waals surface area contributed by atoms with Crippen LogP contribution in [0.25, 0.3) is 5.70 Å². The predicted octanol–water partition coefficient (Wildman–Crippen LogP) is 3.19. The molecule has 2 N–H and O–H groups in total. The second-order valence-electron chi connectivity index (χ2n) is 8.46. The number of anilines is 1. The second-order valence-corrected chi connectivity index (χ2v) is 8.46. The molecule has 31 heavy (non-hydrogen) atoms. The van der Waals surface area contributed by atoms with Gasteiger partial charge in [0.25, 0.3) is 0 Å². The normalized spacial score (nSPS) is 18.3. The van der Waals surface area contributed by atoms with Crippen molar-refractivity contribution in [2.75, 3.05) is 18.6 Å². The van der Waals surface area contributed by atoms with Crippen molar-refractivity contribution in [1.82, 2.24) is 9.97 Å². The fraction of sp³-hybridized carbons (Fsp3) is 0.391. The Morgan fingerprint density at radius 3 is 2.81 bits per heavy atom. The lowest BCUT2D eigenvalue weighted by Crippen LogP contribution is -2.37. The summed E-state index contributed by atoms with van der Waals surface area (Å²) < 4.78 is 19.1. The summed E-state index contributed by atoms with van der Waals surface area (Å²) in [7, 11) is 1.46. The summed E-state index contributed by atoms with van der Waals surface area (Å²) in [4.78, 5) is 28.0. The number of nitrogens with two attached hydrogens (primary N) is 1. The van der Waals surface area contributed by atoms with Crippen LogP contribution in [0.15, 0.2) is 41.5 Å². The van der Waals surface area contributed by atoms with Crippen LogP contribution in [0.4, 0.5) is 10.2 Å². The largest absolute Gasteiger partial charge is 0.481 e. The average Bonchev–Trinajstić information content (AvgIpc) is 3.56. The van der Waals surface area contributed by atoms with Crippen LogP contribution in [-0.2, 0) is 21.5 Å². The molecule has 1 aliphatic heterocycles. The van der Waals surface area contributed by atoms with Gasteiger partial charge in [-0.15, -0.1) is 0 Å². The van der Waals surface area contributed by atoms with Crippen LogP contribution >= 0.6 is 0 Å². The van der Waals surface area contributed by atoms with Crippen LogP contribution in [0.5, 0.6) is 0 Å². The number of methoxy groups -OCH3 is 1. The molecule has 1 saturated carbocycles. The van der Waals surface area contributed by atoms with Gasteiger partial charge >= 0.3 is 0 Å². The number of halogens is 1. The van der Waals surface area contributed by atoms with Crippen molar-refractivity contribution in [1.29, 1.82) is 0 Å². The Kier molecular flexibility index (Phi) is 5.47. The summed E-state index contributed by atoms with van der Waals surface area (Å²) in [5.41, 5.74) is 7.06. The number of carbonyl (C=O) groups is 1. The van der Waals surface area contributed by atoms with E-state index < -0.39 is 5.41 Å². The molecule has 2 aromatic rings. The number of ether oxygens (including phenoxy) is 1. The smallest absolute Gasteiger partial charge is 0.238 e. The molecule has 1 amide bonds. The highest BCUT2D eigenvalue weighted by Gasteiger charge is 2.46. The van der Waals surface area contributed by atoms with Crippen LogP contribution in [0.1, 0.15) is 43.6 Å². The van der Waals surface area contributed by atoms with Crippen molar-refractivity contribution in [2.45, 2.75) is 38.6 Å². The number of hydrogen-bond donors (Lipinski definition) is 1. The molecular weight excluding hydrogens is 397 g/mol. The van der Waals surface area contributed by atoms with Gasteiger partial charge in [-0.3, -0.25) is 9.69 Å². The molecule has 0 bridgehead atoms. The van der Waals surface area contributed by atoms with Gasteiger partial charge < -0.3 is 10.5 Å². The van der Waals surface area contributed by atoms with Crippen LogP contribution in [0.2, 0.25) is 0 Å². The van der Waals surface area contributed by atoms with Gasteiger partial charge in [0.1, 0.15) is 11.6 Å². The molecule has 2 aliphatic rings. The van der Waals surface area contributed by atoms with Crippen LogP contribution in [0, 0.1) is 11.7 Å². The number of aromatic nitrogens is 2. The first kappa shape index (κ1) is 21.0. The number of aliphatic imine (C=N–C) groups is 1. The zero-order valence-electron chi connectivity index (χ0n) is 17.9. The lowest BCUT2D eigenvalue weighted by molar-refractivity contribution is -0.122. The fourth-order valence-electron chi connectivity index (χ4n) is 3.59. The number of benzene rings is 1. The first-order chi connectivity index (χ1) is 14.8. The van der Waals surface area contributed by atoms with Crippen LogP contribution in [-0.4, -0.2) is 35.4 Å². The Labute approximate surface area is 180 Å². The third-order valence-corrected chi connectivity index (χ3v) is 5.72. The Morgan fingerprint density at radius 1 is 1.39 bits per heavy atom. The van der Waals surface area contributed by atoms with E-state index in [1.54, 1.807) is 29.3 Å². The van der Waals surface area contributed by atoms with E-state index in [2.05, 4.69) is 15.0 Å². The minimum absolute atomic E-state index is 0.0347. The highest BCUT2D eigenvalue weighted by molar-refractivity contribution is 6.06. The molecule has 2 heterocycles. The summed E-state index contributed by atoms with van der Waals surface area (Å²) in [6.07, 6.45) is 5.45. The third-order valence-electron chi connectivity index (χ3n) is 5.72. The first-order valence-corrected chi connectivity index (χ1v) is 10.3. The number of carbonyl (C=O) groups excluding carboxylic acids is 1. The number of nitrogens with zero attached hydrogens (tertiary/aromatic N) is 4. The SMILES string of the molecule is COC(C=C(N)c1ncc2c(n1)N(CC1CC1)C(=O)C2(C)C)=NCc1ccccc1F. The van der Waals surface area contributed by atoms with Gasteiger partial charge in [-0.25, -0.2) is 19.4 Å². The van der Waals surface area contributed by atoms with Crippen molar-refractivity contribution in [3.63, 3.8) is 0 Å². The zero-order chi connectivity index (χ0) is 22.2. The minimum Gasteiger partial charge on any atom is -0.481 e. The van der Waals surface area contributed by atoms with Gasteiger partial charge in [0.2, 0.25) is 11.8 Å². The minimum atomic E-state index is -0.667. The third kappa shape index (κ3) is 4.15. The standard InChI is InChI=1S/C23H26FN5O2/c1-23(2)16-12-27-20(28-21(16)29(22(23)30)13-14-8-9-14)18(25)10-19(31-3)26-11-15-6-4-5-7-17(15)24/h4-7,10,12,14H,8-9,11,13,25H2,1-3H3. The average molecular weight is 423 g/mol. The summed E-state index contributed by atoms with van der Waals surface area (Å²) in [5, 5.41) is 0. The lowest BCUT2D eigenvalue weighted by Gasteiger charge is -2.19. The van der Waals surface area contributed by atoms with Gasteiger partial charge in [-0.1, -0.05) is 18.2 Å². The van der Waals surface area contributed by atoms with E-state index >= 15 is 0 Å². The molecule has 7 nitrogen and oxygen atoms in total. The van der Waals surface area contributed by atoms with Crippen LogP contribution in [0.3, 0.4) is 0 Å². The summed E-state index contributed by atoms with van der Waals surface area (Å²) in [6.45, 7) is 4.56. The van der Waals surface area contributed by atoms with Crippen LogP contribution < -0.4 is 10.6 Å². The molecule has 0 saturated heterocycles. The van der Waals surface area contributed by atoms with E-state index in [1.165, 1.54) is 19.3 Å². The molecule has 162 valence electrons. The molecule has 1 fully saturated rings. The predicted molar refractivity (Wildman–Crippen MR) is 117 cm³/mol. The lowest BCUT2D eigenvalue weighted by atomic mass is 9.88. The number of amides is 1. The van der Waals surface area contributed by atoms with Gasteiger partial charge in [0, 0.05) is 29.9 Å². The molecular formula is C23H26FN5O2. The fourth-order valence-corrected chi connectivity index (χ4v) is 3.59. The molecule has 4 rings (SSSR count). The maximum absolute atomic E-state index is 13.8. The summed E-state index contributed by atoms with van der Waals surface area (Å²) in [5.74, 6) is 1.38. The Morgan fingerprint density at radius 2 is 2.13 bits per heavy atom. The van der Waals surface area contributed by atoms with Crippen molar-refractivity contribution in [2.24, 2.45) is 16.6 Å². The number of hydrogen-bond acceptors (Lipinski definition) is 6. The van der Waals surface area contributed by atoms with E-state index in [-0.39, 0.29) is 29.9 Å². The van der Waals surface area contributed by atoms with E-state index in [9.17, 15) is 9.18 Å². The van der Waals surface area contributed by atoms with Crippen molar-refractivity contribution in [3.05, 3.63) is 59.3 Å². The number of rotatable bonds is 6. The molecule has 0 unspecified atom stereocenters. The van der Waals surface area contributed by atoms with E-state index in [0.717, 1.165) is 18.4 Å². The summed E-state index contributed by atoms with van der Waals surface area (Å²) in [6, 6.07) is 6.42. The van der Waals surface area contributed by atoms with Gasteiger partial charge in [0.05, 0.1) is 24.8 Å². The molecule has 1 aromatic heterocycles. The second kappa shape index (κ2) is 8.09. The highest BCUT2D eigenvalue weighted by atomic mass is 19.1. The van der Waals surface area contributed by atoms with E-state index in [4.69, 9.17) is 10.5 Å². The quantitative estimate of drug-likeness (QED) is 0.569. The molecule has 1 aromatic carbocycles. The molecule has 0 radical (unpaired) electrons. The maximum atomic E-state index is 13.8. The monoisotopic (exact) mass is 423 g/mol. The summed E-state index contributed by atoms with van der Waals surface area (Å²) >= 11 is 0. The Hall–Kier alpha value is -3.29. The maximum Gasteiger partial charge on any atom is 0.238 e. The Balaban J connectivity index is 1.61. The Bertz CT molecular complexity index is 1080. The van der Waals surface area contributed by atoms with Gasteiger partial charge in [-0.2, -0.15) is 0 Å². The van der Waals surface area contributed by atoms with Crippen molar-refractivity contribution in [3.8, 4) is 0 Å². The van der Waals surface area contributed by atoms with Crippen molar-refractivity contribution < 1.29 is 13.9 Å².